The molecule has 0 aliphatic heterocycles. The van der Waals surface area contributed by atoms with Gasteiger partial charge in [0.25, 0.3) is 0 Å². The second-order valence-corrected chi connectivity index (χ2v) is 3.41. The Labute approximate surface area is 90.3 Å². The Morgan fingerprint density at radius 3 is 2.47 bits per heavy atom. The molecule has 15 heavy (non-hydrogen) atoms. The van der Waals surface area contributed by atoms with Crippen molar-refractivity contribution in [2.24, 2.45) is 0 Å². The van der Waals surface area contributed by atoms with Crippen molar-refractivity contribution in [3.05, 3.63) is 54.1 Å². The van der Waals surface area contributed by atoms with Gasteiger partial charge in [-0.3, -0.25) is 0 Å². The first kappa shape index (κ1) is 9.78. The zero-order chi connectivity index (χ0) is 10.7. The number of hydrogen-bond donors (Lipinski definition) is 0. The van der Waals surface area contributed by atoms with Crippen LogP contribution in [0.5, 0.6) is 5.75 Å². The molecule has 75 valence electrons. The molecule has 0 aromatic heterocycles. The number of ether oxygens (including phenoxy) is 1. The molecule has 0 saturated carbocycles. The third kappa shape index (κ3) is 1.86. The summed E-state index contributed by atoms with van der Waals surface area (Å²) in [6.07, 6.45) is 0. The van der Waals surface area contributed by atoms with Crippen molar-refractivity contribution in [1.82, 2.24) is 0 Å². The smallest absolute Gasteiger partial charge is 0.126 e. The second-order valence-electron chi connectivity index (χ2n) is 3.41. The van der Waals surface area contributed by atoms with Crippen molar-refractivity contribution >= 4 is 0 Å². The fraction of sp³-hybridized carbons (Fsp3) is 0.143. The van der Waals surface area contributed by atoms with Gasteiger partial charge in [0.05, 0.1) is 7.11 Å². The van der Waals surface area contributed by atoms with E-state index in [1.54, 1.807) is 7.11 Å². The molecule has 0 bridgehead atoms. The van der Waals surface area contributed by atoms with Gasteiger partial charge in [0.15, 0.2) is 0 Å². The molecule has 0 heterocycles. The topological polar surface area (TPSA) is 9.23 Å². The van der Waals surface area contributed by atoms with Crippen LogP contribution in [0.1, 0.15) is 5.56 Å². The Morgan fingerprint density at radius 1 is 1.00 bits per heavy atom. The third-order valence-corrected chi connectivity index (χ3v) is 2.46. The van der Waals surface area contributed by atoms with Crippen molar-refractivity contribution in [3.8, 4) is 16.9 Å². The van der Waals surface area contributed by atoms with Gasteiger partial charge in [0, 0.05) is 5.56 Å². The molecule has 1 nitrogen and oxygen atoms in total. The minimum absolute atomic E-state index is 0.903. The molecule has 1 heteroatoms. The molecule has 0 aliphatic rings. The summed E-state index contributed by atoms with van der Waals surface area (Å²) in [5.41, 5.74) is 3.44. The third-order valence-electron chi connectivity index (χ3n) is 2.46. The van der Waals surface area contributed by atoms with Gasteiger partial charge in [-0.1, -0.05) is 36.4 Å². The molecular weight excluding hydrogens is 184 g/mol. The highest BCUT2D eigenvalue weighted by Gasteiger charge is 2.06. The summed E-state index contributed by atoms with van der Waals surface area (Å²) < 4.78 is 5.34. The summed E-state index contributed by atoms with van der Waals surface area (Å²) in [6.45, 7) is 2.06. The monoisotopic (exact) mass is 197 g/mol. The molecule has 0 unspecified atom stereocenters. The van der Waals surface area contributed by atoms with E-state index < -0.39 is 0 Å². The molecule has 0 amide bonds. The van der Waals surface area contributed by atoms with Gasteiger partial charge in [-0.05, 0) is 30.2 Å². The van der Waals surface area contributed by atoms with E-state index in [9.17, 15) is 0 Å². The lowest BCUT2D eigenvalue weighted by Crippen LogP contribution is -1.89. The minimum Gasteiger partial charge on any atom is -0.496 e. The van der Waals surface area contributed by atoms with Crippen molar-refractivity contribution in [1.29, 1.82) is 0 Å². The molecule has 0 fully saturated rings. The maximum Gasteiger partial charge on any atom is 0.126 e. The summed E-state index contributed by atoms with van der Waals surface area (Å²) in [5.74, 6) is 0.903. The van der Waals surface area contributed by atoms with Crippen LogP contribution in [0.15, 0.2) is 42.5 Å². The molecule has 0 spiro atoms. The Bertz CT molecular complexity index is 460. The molecule has 2 rings (SSSR count). The average Bonchev–Trinajstić information content (AvgIpc) is 2.30. The normalized spacial score (nSPS) is 10.0. The number of methoxy groups -OCH3 is 1. The molecule has 2 aromatic rings. The van der Waals surface area contributed by atoms with Gasteiger partial charge in [-0.25, -0.2) is 0 Å². The van der Waals surface area contributed by atoms with Crippen molar-refractivity contribution in [3.63, 3.8) is 0 Å². The number of para-hydroxylation sites is 1. The van der Waals surface area contributed by atoms with E-state index in [4.69, 9.17) is 4.74 Å². The molecule has 0 aliphatic carbocycles. The van der Waals surface area contributed by atoms with Crippen LogP contribution in [0.4, 0.5) is 0 Å². The van der Waals surface area contributed by atoms with Crippen molar-refractivity contribution in [2.45, 2.75) is 6.92 Å². The van der Waals surface area contributed by atoms with E-state index in [0.29, 0.717) is 0 Å². The van der Waals surface area contributed by atoms with Crippen LogP contribution in [-0.4, -0.2) is 7.11 Å². The van der Waals surface area contributed by atoms with Crippen LogP contribution in [0.2, 0.25) is 0 Å². The van der Waals surface area contributed by atoms with E-state index in [1.807, 2.05) is 30.3 Å². The SMILES string of the molecule is COc1ccccc1-c1ccc[c]c1C. The van der Waals surface area contributed by atoms with Gasteiger partial charge in [0.2, 0.25) is 0 Å². The first-order valence-electron chi connectivity index (χ1n) is 4.93. The van der Waals surface area contributed by atoms with Crippen LogP contribution in [0, 0.1) is 13.0 Å². The zero-order valence-corrected chi connectivity index (χ0v) is 8.95. The van der Waals surface area contributed by atoms with E-state index >= 15 is 0 Å². The zero-order valence-electron chi connectivity index (χ0n) is 8.95. The van der Waals surface area contributed by atoms with Gasteiger partial charge in [0.1, 0.15) is 5.75 Å². The number of rotatable bonds is 2. The molecule has 0 N–H and O–H groups in total. The molecule has 0 saturated heterocycles. The lowest BCUT2D eigenvalue weighted by molar-refractivity contribution is 0.416. The van der Waals surface area contributed by atoms with Crippen LogP contribution in [0.25, 0.3) is 11.1 Å². The predicted molar refractivity (Wildman–Crippen MR) is 62.0 cm³/mol. The largest absolute Gasteiger partial charge is 0.496 e. The lowest BCUT2D eigenvalue weighted by Gasteiger charge is -2.10. The standard InChI is InChI=1S/C14H13O/c1-11-7-3-4-8-12(11)13-9-5-6-10-14(13)15-2/h3-6,8-10H,1-2H3. The lowest BCUT2D eigenvalue weighted by atomic mass is 10.00. The van der Waals surface area contributed by atoms with Gasteiger partial charge >= 0.3 is 0 Å². The molecule has 2 aromatic carbocycles. The van der Waals surface area contributed by atoms with E-state index in [2.05, 4.69) is 25.1 Å². The Hall–Kier alpha value is -1.76. The first-order valence-corrected chi connectivity index (χ1v) is 4.93. The highest BCUT2D eigenvalue weighted by Crippen LogP contribution is 2.31. The highest BCUT2D eigenvalue weighted by atomic mass is 16.5. The Balaban J connectivity index is 2.59. The quantitative estimate of drug-likeness (QED) is 0.716. The summed E-state index contributed by atoms with van der Waals surface area (Å²) in [7, 11) is 1.70. The summed E-state index contributed by atoms with van der Waals surface area (Å²) >= 11 is 0. The number of aryl methyl sites for hydroxylation is 1. The van der Waals surface area contributed by atoms with Crippen molar-refractivity contribution < 1.29 is 4.74 Å². The van der Waals surface area contributed by atoms with Crippen molar-refractivity contribution in [2.75, 3.05) is 7.11 Å². The number of hydrogen-bond acceptors (Lipinski definition) is 1. The summed E-state index contributed by atoms with van der Waals surface area (Å²) in [5, 5.41) is 0. The van der Waals surface area contributed by atoms with Gasteiger partial charge < -0.3 is 4.74 Å². The average molecular weight is 197 g/mol. The van der Waals surface area contributed by atoms with Crippen LogP contribution >= 0.6 is 0 Å². The van der Waals surface area contributed by atoms with E-state index in [1.165, 1.54) is 5.56 Å². The molecule has 0 atom stereocenters. The number of benzene rings is 2. The second kappa shape index (κ2) is 4.18. The van der Waals surface area contributed by atoms with Gasteiger partial charge in [-0.2, -0.15) is 0 Å². The predicted octanol–water partition coefficient (Wildman–Crippen LogP) is 3.47. The summed E-state index contributed by atoms with van der Waals surface area (Å²) in [6, 6.07) is 17.2. The van der Waals surface area contributed by atoms with E-state index in [0.717, 1.165) is 16.9 Å². The Kier molecular flexibility index (Phi) is 2.72. The molecule has 1 radical (unpaired) electrons. The maximum absolute atomic E-state index is 5.34. The van der Waals surface area contributed by atoms with E-state index in [-0.39, 0.29) is 0 Å². The highest BCUT2D eigenvalue weighted by molar-refractivity contribution is 5.72. The first-order chi connectivity index (χ1) is 7.33. The fourth-order valence-corrected chi connectivity index (χ4v) is 1.68. The van der Waals surface area contributed by atoms with Crippen LogP contribution in [0.3, 0.4) is 0 Å². The fourth-order valence-electron chi connectivity index (χ4n) is 1.68. The molecular formula is C14H13O. The summed E-state index contributed by atoms with van der Waals surface area (Å²) in [4.78, 5) is 0. The minimum atomic E-state index is 0.903. The van der Waals surface area contributed by atoms with Crippen LogP contribution < -0.4 is 4.74 Å². The Morgan fingerprint density at radius 2 is 1.73 bits per heavy atom. The van der Waals surface area contributed by atoms with Gasteiger partial charge in [-0.15, -0.1) is 0 Å². The van der Waals surface area contributed by atoms with Crippen LogP contribution in [-0.2, 0) is 0 Å². The maximum atomic E-state index is 5.34.